The summed E-state index contributed by atoms with van der Waals surface area (Å²) in [4.78, 5) is 0. The van der Waals surface area contributed by atoms with Crippen LogP contribution in [0.4, 0.5) is 0 Å². The third-order valence-electron chi connectivity index (χ3n) is 2.70. The van der Waals surface area contributed by atoms with Crippen molar-refractivity contribution < 1.29 is 14.2 Å². The average Bonchev–Trinajstić information content (AvgIpc) is 2.40. The number of nitrogens with one attached hydrogen (secondary N) is 1. The van der Waals surface area contributed by atoms with Crippen LogP contribution in [0.15, 0.2) is 12.1 Å². The Morgan fingerprint density at radius 1 is 1.20 bits per heavy atom. The van der Waals surface area contributed by atoms with E-state index in [-0.39, 0.29) is 0 Å². The maximum atomic E-state index is 6.26. The number of rotatable bonds is 9. The van der Waals surface area contributed by atoms with Gasteiger partial charge in [0.1, 0.15) is 6.61 Å². The molecule has 20 heavy (non-hydrogen) atoms. The molecule has 0 amide bonds. The van der Waals surface area contributed by atoms with Gasteiger partial charge in [-0.2, -0.15) is 0 Å². The van der Waals surface area contributed by atoms with Crippen LogP contribution in [0.5, 0.6) is 11.5 Å². The van der Waals surface area contributed by atoms with Gasteiger partial charge >= 0.3 is 0 Å². The molecule has 0 unspecified atom stereocenters. The van der Waals surface area contributed by atoms with Crippen LogP contribution in [0.25, 0.3) is 0 Å². The van der Waals surface area contributed by atoms with E-state index < -0.39 is 0 Å². The van der Waals surface area contributed by atoms with Gasteiger partial charge in [0.2, 0.25) is 0 Å². The number of halogens is 1. The Morgan fingerprint density at radius 2 is 1.95 bits per heavy atom. The summed E-state index contributed by atoms with van der Waals surface area (Å²) in [7, 11) is 3.24. The second kappa shape index (κ2) is 9.06. The summed E-state index contributed by atoms with van der Waals surface area (Å²) in [5.41, 5.74) is 1.08. The van der Waals surface area contributed by atoms with E-state index in [0.29, 0.717) is 35.7 Å². The van der Waals surface area contributed by atoms with Gasteiger partial charge in [0.05, 0.1) is 18.7 Å². The fraction of sp³-hybridized carbons (Fsp3) is 0.600. The Hall–Kier alpha value is -0.970. The van der Waals surface area contributed by atoms with E-state index in [1.165, 1.54) is 0 Å². The quantitative estimate of drug-likeness (QED) is 0.711. The van der Waals surface area contributed by atoms with Gasteiger partial charge in [0.25, 0.3) is 0 Å². The third kappa shape index (κ3) is 5.57. The third-order valence-corrected chi connectivity index (χ3v) is 2.99. The van der Waals surface area contributed by atoms with Gasteiger partial charge in [-0.3, -0.25) is 0 Å². The highest BCUT2D eigenvalue weighted by Crippen LogP contribution is 2.36. The van der Waals surface area contributed by atoms with Crippen LogP contribution in [0.1, 0.15) is 19.4 Å². The fourth-order valence-electron chi connectivity index (χ4n) is 1.75. The Morgan fingerprint density at radius 3 is 2.55 bits per heavy atom. The summed E-state index contributed by atoms with van der Waals surface area (Å²) < 4.78 is 15.9. The predicted molar refractivity (Wildman–Crippen MR) is 81.9 cm³/mol. The molecule has 0 heterocycles. The standard InChI is InChI=1S/C15H24ClNO3/c1-11(2)9-17-10-12-7-13(16)15(14(8-12)19-4)20-6-5-18-3/h7-8,11,17H,5-6,9-10H2,1-4H3. The molecule has 0 aliphatic carbocycles. The number of ether oxygens (including phenoxy) is 3. The minimum absolute atomic E-state index is 0.442. The van der Waals surface area contributed by atoms with Gasteiger partial charge in [0.15, 0.2) is 11.5 Å². The van der Waals surface area contributed by atoms with Crippen molar-refractivity contribution in [2.45, 2.75) is 20.4 Å². The summed E-state index contributed by atoms with van der Waals surface area (Å²) in [6, 6.07) is 3.85. The van der Waals surface area contributed by atoms with Crippen molar-refractivity contribution in [1.82, 2.24) is 5.32 Å². The van der Waals surface area contributed by atoms with E-state index in [4.69, 9.17) is 25.8 Å². The minimum atomic E-state index is 0.442. The SMILES string of the molecule is COCCOc1c(Cl)cc(CNCC(C)C)cc1OC. The molecule has 0 fully saturated rings. The smallest absolute Gasteiger partial charge is 0.179 e. The molecule has 0 aromatic heterocycles. The summed E-state index contributed by atoms with van der Waals surface area (Å²) in [5.74, 6) is 1.83. The lowest BCUT2D eigenvalue weighted by atomic mass is 10.1. The maximum Gasteiger partial charge on any atom is 0.179 e. The van der Waals surface area contributed by atoms with Crippen molar-refractivity contribution in [2.24, 2.45) is 5.92 Å². The molecule has 1 aromatic carbocycles. The molecular weight excluding hydrogens is 278 g/mol. The molecule has 0 aliphatic heterocycles. The van der Waals surface area contributed by atoms with Crippen molar-refractivity contribution >= 4 is 11.6 Å². The predicted octanol–water partition coefficient (Wildman–Crippen LogP) is 3.12. The topological polar surface area (TPSA) is 39.7 Å². The van der Waals surface area contributed by atoms with Crippen molar-refractivity contribution in [3.8, 4) is 11.5 Å². The molecule has 0 saturated heterocycles. The summed E-state index contributed by atoms with van der Waals surface area (Å²) in [5, 5.41) is 3.93. The molecule has 0 bridgehead atoms. The van der Waals surface area contributed by atoms with Gasteiger partial charge < -0.3 is 19.5 Å². The zero-order valence-corrected chi connectivity index (χ0v) is 13.4. The first-order valence-electron chi connectivity index (χ1n) is 6.77. The number of benzene rings is 1. The molecule has 0 aliphatic rings. The molecule has 114 valence electrons. The maximum absolute atomic E-state index is 6.26. The Kier molecular flexibility index (Phi) is 7.73. The zero-order valence-electron chi connectivity index (χ0n) is 12.7. The van der Waals surface area contributed by atoms with Gasteiger partial charge in [-0.05, 0) is 30.2 Å². The lowest BCUT2D eigenvalue weighted by Gasteiger charge is -2.14. The molecule has 0 radical (unpaired) electrons. The van der Waals surface area contributed by atoms with E-state index in [9.17, 15) is 0 Å². The Bertz CT molecular complexity index is 410. The molecule has 5 heteroatoms. The van der Waals surface area contributed by atoms with Crippen molar-refractivity contribution in [3.63, 3.8) is 0 Å². The highest BCUT2D eigenvalue weighted by atomic mass is 35.5. The van der Waals surface area contributed by atoms with Crippen LogP contribution in [0, 0.1) is 5.92 Å². The van der Waals surface area contributed by atoms with Crippen LogP contribution in [0.3, 0.4) is 0 Å². The lowest BCUT2D eigenvalue weighted by molar-refractivity contribution is 0.144. The first kappa shape index (κ1) is 17.1. The summed E-state index contributed by atoms with van der Waals surface area (Å²) in [6.45, 7) is 7.02. The van der Waals surface area contributed by atoms with Crippen LogP contribution < -0.4 is 14.8 Å². The van der Waals surface area contributed by atoms with Gasteiger partial charge in [-0.1, -0.05) is 25.4 Å². The molecular formula is C15H24ClNO3. The normalized spacial score (nSPS) is 10.9. The molecule has 0 atom stereocenters. The van der Waals surface area contributed by atoms with E-state index in [2.05, 4.69) is 19.2 Å². The molecule has 1 aromatic rings. The monoisotopic (exact) mass is 301 g/mol. The van der Waals surface area contributed by atoms with E-state index in [1.54, 1.807) is 14.2 Å². The molecule has 1 N–H and O–H groups in total. The number of hydrogen-bond donors (Lipinski definition) is 1. The largest absolute Gasteiger partial charge is 0.493 e. The van der Waals surface area contributed by atoms with Crippen molar-refractivity contribution in [2.75, 3.05) is 34.0 Å². The lowest BCUT2D eigenvalue weighted by Crippen LogP contribution is -2.19. The molecule has 1 rings (SSSR count). The van der Waals surface area contributed by atoms with Crippen molar-refractivity contribution in [1.29, 1.82) is 0 Å². The second-order valence-electron chi connectivity index (χ2n) is 4.98. The van der Waals surface area contributed by atoms with Crippen molar-refractivity contribution in [3.05, 3.63) is 22.7 Å². The van der Waals surface area contributed by atoms with Crippen LogP contribution in [-0.2, 0) is 11.3 Å². The van der Waals surface area contributed by atoms with Crippen LogP contribution in [-0.4, -0.2) is 34.0 Å². The fourth-order valence-corrected chi connectivity index (χ4v) is 2.04. The number of hydrogen-bond acceptors (Lipinski definition) is 4. The van der Waals surface area contributed by atoms with E-state index in [0.717, 1.165) is 18.7 Å². The first-order chi connectivity index (χ1) is 9.58. The Labute approximate surface area is 126 Å². The molecule has 4 nitrogen and oxygen atoms in total. The summed E-state index contributed by atoms with van der Waals surface area (Å²) >= 11 is 6.26. The van der Waals surface area contributed by atoms with E-state index >= 15 is 0 Å². The second-order valence-corrected chi connectivity index (χ2v) is 5.38. The van der Waals surface area contributed by atoms with Gasteiger partial charge in [-0.25, -0.2) is 0 Å². The zero-order chi connectivity index (χ0) is 15.0. The highest BCUT2D eigenvalue weighted by Gasteiger charge is 2.12. The van der Waals surface area contributed by atoms with Crippen LogP contribution in [0.2, 0.25) is 5.02 Å². The first-order valence-corrected chi connectivity index (χ1v) is 7.15. The van der Waals surface area contributed by atoms with E-state index in [1.807, 2.05) is 12.1 Å². The highest BCUT2D eigenvalue weighted by molar-refractivity contribution is 6.32. The Balaban J connectivity index is 2.73. The summed E-state index contributed by atoms with van der Waals surface area (Å²) in [6.07, 6.45) is 0. The molecule has 0 spiro atoms. The number of methoxy groups -OCH3 is 2. The average molecular weight is 302 g/mol. The van der Waals surface area contributed by atoms with Gasteiger partial charge in [0, 0.05) is 13.7 Å². The molecule has 0 saturated carbocycles. The minimum Gasteiger partial charge on any atom is -0.493 e. The van der Waals surface area contributed by atoms with Gasteiger partial charge in [-0.15, -0.1) is 0 Å². The van der Waals surface area contributed by atoms with Crippen LogP contribution >= 0.6 is 11.6 Å².